The summed E-state index contributed by atoms with van der Waals surface area (Å²) in [5.41, 5.74) is -0.881. The first kappa shape index (κ1) is 24.9. The van der Waals surface area contributed by atoms with Crippen LogP contribution in [0.25, 0.3) is 0 Å². The van der Waals surface area contributed by atoms with E-state index in [0.717, 1.165) is 51.9 Å². The van der Waals surface area contributed by atoms with Crippen molar-refractivity contribution in [2.24, 2.45) is 0 Å². The van der Waals surface area contributed by atoms with Gasteiger partial charge in [-0.2, -0.15) is 0 Å². The van der Waals surface area contributed by atoms with E-state index in [-0.39, 0.29) is 18.4 Å². The molecule has 0 aromatic heterocycles. The van der Waals surface area contributed by atoms with Crippen molar-refractivity contribution >= 4 is 11.8 Å². The molecule has 2 amide bonds. The van der Waals surface area contributed by atoms with Crippen LogP contribution in [0.15, 0.2) is 0 Å². The fraction of sp³-hybridized carbons (Fsp3) is 0.900. The number of nitrogens with zero attached hydrogens (tertiary/aromatic N) is 2. The molecular formula is C20H40N2O4. The second-order valence-electron chi connectivity index (χ2n) is 7.08. The quantitative estimate of drug-likeness (QED) is 0.415. The summed E-state index contributed by atoms with van der Waals surface area (Å²) in [6, 6.07) is 0. The Hall–Kier alpha value is -1.14. The standard InChI is InChI=1S/C20H40N2O4/c1-7-11-21(12-8-2)18(23)17-25-15-16-26-20(5,6)19(24)22(13-9-3)14-10-4/h7-17H2,1-6H3. The first-order chi connectivity index (χ1) is 12.3. The minimum absolute atomic E-state index is 0.00865. The van der Waals surface area contributed by atoms with Gasteiger partial charge >= 0.3 is 0 Å². The monoisotopic (exact) mass is 372 g/mol. The molecule has 0 aliphatic rings. The van der Waals surface area contributed by atoms with E-state index in [0.29, 0.717) is 13.2 Å². The Kier molecular flexibility index (Phi) is 13.4. The second kappa shape index (κ2) is 14.0. The Labute approximate surface area is 160 Å². The zero-order valence-electron chi connectivity index (χ0n) is 17.8. The van der Waals surface area contributed by atoms with Crippen molar-refractivity contribution in [3.63, 3.8) is 0 Å². The van der Waals surface area contributed by atoms with E-state index < -0.39 is 5.60 Å². The van der Waals surface area contributed by atoms with Gasteiger partial charge in [0.05, 0.1) is 13.2 Å². The molecule has 0 fully saturated rings. The van der Waals surface area contributed by atoms with Crippen LogP contribution < -0.4 is 0 Å². The van der Waals surface area contributed by atoms with Crippen LogP contribution in [0.5, 0.6) is 0 Å². The lowest BCUT2D eigenvalue weighted by Crippen LogP contribution is -2.48. The minimum Gasteiger partial charge on any atom is -0.369 e. The van der Waals surface area contributed by atoms with Crippen molar-refractivity contribution in [1.29, 1.82) is 0 Å². The summed E-state index contributed by atoms with van der Waals surface area (Å²) in [5.74, 6) is 0.0236. The van der Waals surface area contributed by atoms with Crippen molar-refractivity contribution in [1.82, 2.24) is 9.80 Å². The van der Waals surface area contributed by atoms with Gasteiger partial charge in [0.25, 0.3) is 5.91 Å². The fourth-order valence-corrected chi connectivity index (χ4v) is 2.80. The Morgan fingerprint density at radius 1 is 0.769 bits per heavy atom. The van der Waals surface area contributed by atoms with E-state index in [9.17, 15) is 9.59 Å². The van der Waals surface area contributed by atoms with Gasteiger partial charge in [0, 0.05) is 26.2 Å². The van der Waals surface area contributed by atoms with E-state index in [4.69, 9.17) is 9.47 Å². The molecule has 0 N–H and O–H groups in total. The first-order valence-corrected chi connectivity index (χ1v) is 10.1. The highest BCUT2D eigenvalue weighted by molar-refractivity contribution is 5.84. The molecule has 0 atom stereocenters. The molecule has 0 heterocycles. The van der Waals surface area contributed by atoms with Crippen molar-refractivity contribution in [3.8, 4) is 0 Å². The highest BCUT2D eigenvalue weighted by Crippen LogP contribution is 2.14. The van der Waals surface area contributed by atoms with E-state index in [1.54, 1.807) is 13.8 Å². The van der Waals surface area contributed by atoms with Gasteiger partial charge in [-0.15, -0.1) is 0 Å². The summed E-state index contributed by atoms with van der Waals surface area (Å²) < 4.78 is 11.2. The van der Waals surface area contributed by atoms with Gasteiger partial charge in [-0.1, -0.05) is 27.7 Å². The van der Waals surface area contributed by atoms with Gasteiger partial charge < -0.3 is 19.3 Å². The molecule has 0 rings (SSSR count). The number of carbonyl (C=O) groups excluding carboxylic acids is 2. The normalized spacial score (nSPS) is 11.5. The third kappa shape index (κ3) is 9.53. The van der Waals surface area contributed by atoms with Gasteiger partial charge in [-0.05, 0) is 39.5 Å². The maximum Gasteiger partial charge on any atom is 0.254 e. The molecule has 154 valence electrons. The Balaban J connectivity index is 4.27. The Bertz CT molecular complexity index is 387. The highest BCUT2D eigenvalue weighted by atomic mass is 16.5. The van der Waals surface area contributed by atoms with Crippen molar-refractivity contribution in [3.05, 3.63) is 0 Å². The molecule has 6 heteroatoms. The molecule has 0 unspecified atom stereocenters. The Morgan fingerprint density at radius 3 is 1.69 bits per heavy atom. The van der Waals surface area contributed by atoms with Crippen LogP contribution >= 0.6 is 0 Å². The number of ether oxygens (including phenoxy) is 2. The molecule has 0 bridgehead atoms. The van der Waals surface area contributed by atoms with Crippen LogP contribution in [0, 0.1) is 0 Å². The van der Waals surface area contributed by atoms with Gasteiger partial charge in [0.2, 0.25) is 5.91 Å². The first-order valence-electron chi connectivity index (χ1n) is 10.1. The van der Waals surface area contributed by atoms with Gasteiger partial charge in [0.1, 0.15) is 12.2 Å². The highest BCUT2D eigenvalue weighted by Gasteiger charge is 2.32. The number of rotatable bonds is 15. The molecule has 0 spiro atoms. The topological polar surface area (TPSA) is 59.1 Å². The summed E-state index contributed by atoms with van der Waals surface area (Å²) >= 11 is 0. The van der Waals surface area contributed by atoms with Crippen LogP contribution in [0.4, 0.5) is 0 Å². The lowest BCUT2D eigenvalue weighted by molar-refractivity contribution is -0.157. The van der Waals surface area contributed by atoms with Crippen molar-refractivity contribution in [2.75, 3.05) is 46.0 Å². The summed E-state index contributed by atoms with van der Waals surface area (Å²) in [6.07, 6.45) is 3.74. The molecular weight excluding hydrogens is 332 g/mol. The number of amides is 2. The Morgan fingerprint density at radius 2 is 1.23 bits per heavy atom. The van der Waals surface area contributed by atoms with Gasteiger partial charge in [0.15, 0.2) is 0 Å². The SMILES string of the molecule is CCCN(CCC)C(=O)COCCOC(C)(C)C(=O)N(CCC)CCC. The third-order valence-electron chi connectivity index (χ3n) is 4.05. The maximum atomic E-state index is 12.6. The van der Waals surface area contributed by atoms with Gasteiger partial charge in [-0.3, -0.25) is 9.59 Å². The minimum atomic E-state index is -0.881. The predicted molar refractivity (Wildman–Crippen MR) is 105 cm³/mol. The van der Waals surface area contributed by atoms with Crippen molar-refractivity contribution < 1.29 is 19.1 Å². The molecule has 0 saturated heterocycles. The average molecular weight is 373 g/mol. The maximum absolute atomic E-state index is 12.6. The summed E-state index contributed by atoms with van der Waals surface area (Å²) in [5, 5.41) is 0. The molecule has 0 aliphatic carbocycles. The van der Waals surface area contributed by atoms with Gasteiger partial charge in [-0.25, -0.2) is 0 Å². The largest absolute Gasteiger partial charge is 0.369 e. The van der Waals surface area contributed by atoms with Crippen LogP contribution in [-0.2, 0) is 19.1 Å². The molecule has 0 radical (unpaired) electrons. The fourth-order valence-electron chi connectivity index (χ4n) is 2.80. The molecule has 0 saturated carbocycles. The summed E-state index contributed by atoms with van der Waals surface area (Å²) in [6.45, 7) is 15.5. The zero-order chi connectivity index (χ0) is 20.0. The van der Waals surface area contributed by atoms with Crippen LogP contribution in [-0.4, -0.2) is 73.2 Å². The zero-order valence-corrected chi connectivity index (χ0v) is 17.8. The van der Waals surface area contributed by atoms with E-state index in [1.807, 2.05) is 9.80 Å². The summed E-state index contributed by atoms with van der Waals surface area (Å²) in [4.78, 5) is 28.5. The molecule has 0 aliphatic heterocycles. The molecule has 6 nitrogen and oxygen atoms in total. The molecule has 26 heavy (non-hydrogen) atoms. The number of carbonyl (C=O) groups is 2. The average Bonchev–Trinajstić information content (AvgIpc) is 2.60. The molecule has 0 aromatic rings. The third-order valence-corrected chi connectivity index (χ3v) is 4.05. The van der Waals surface area contributed by atoms with E-state index in [2.05, 4.69) is 27.7 Å². The van der Waals surface area contributed by atoms with Crippen LogP contribution in [0.2, 0.25) is 0 Å². The lowest BCUT2D eigenvalue weighted by atomic mass is 10.1. The number of hydrogen-bond acceptors (Lipinski definition) is 4. The van der Waals surface area contributed by atoms with Crippen LogP contribution in [0.1, 0.15) is 67.2 Å². The van der Waals surface area contributed by atoms with Crippen molar-refractivity contribution in [2.45, 2.75) is 72.8 Å². The molecule has 0 aromatic carbocycles. The van der Waals surface area contributed by atoms with E-state index >= 15 is 0 Å². The number of hydrogen-bond donors (Lipinski definition) is 0. The summed E-state index contributed by atoms with van der Waals surface area (Å²) in [7, 11) is 0. The smallest absolute Gasteiger partial charge is 0.254 e. The lowest BCUT2D eigenvalue weighted by Gasteiger charge is -2.31. The second-order valence-corrected chi connectivity index (χ2v) is 7.08. The van der Waals surface area contributed by atoms with Crippen LogP contribution in [0.3, 0.4) is 0 Å². The predicted octanol–water partition coefficient (Wildman–Crippen LogP) is 3.10. The van der Waals surface area contributed by atoms with E-state index in [1.165, 1.54) is 0 Å².